The van der Waals surface area contributed by atoms with Crippen LogP contribution in [-0.2, 0) is 4.79 Å². The summed E-state index contributed by atoms with van der Waals surface area (Å²) < 4.78 is 1.05. The average Bonchev–Trinajstić information content (AvgIpc) is 2.81. The van der Waals surface area contributed by atoms with Gasteiger partial charge in [0.25, 0.3) is 5.91 Å². The summed E-state index contributed by atoms with van der Waals surface area (Å²) in [4.78, 5) is 23.3. The fourth-order valence-electron chi connectivity index (χ4n) is 2.06. The molecule has 0 saturated heterocycles. The Morgan fingerprint density at radius 3 is 2.65 bits per heavy atom. The third-order valence-electron chi connectivity index (χ3n) is 3.33. The fourth-order valence-corrected chi connectivity index (χ4v) is 3.00. The molecule has 0 aliphatic heterocycles. The van der Waals surface area contributed by atoms with Crippen molar-refractivity contribution < 1.29 is 14.7 Å². The molecule has 2 aromatic rings. The lowest BCUT2D eigenvalue weighted by Crippen LogP contribution is -2.35. The molecule has 1 unspecified atom stereocenters. The maximum absolute atomic E-state index is 12.2. The maximum Gasteiger partial charge on any atom is 0.308 e. The predicted octanol–water partition coefficient (Wildman–Crippen LogP) is 2.99. The number of nitrogens with one attached hydrogen (secondary N) is 1. The molecule has 1 atom stereocenters. The Balaban J connectivity index is 2.11. The lowest BCUT2D eigenvalue weighted by Gasteiger charge is -2.16. The zero-order valence-electron chi connectivity index (χ0n) is 11.4. The van der Waals surface area contributed by atoms with E-state index in [9.17, 15) is 9.59 Å². The Bertz CT molecular complexity index is 633. The second-order valence-corrected chi connectivity index (χ2v) is 5.96. The first-order chi connectivity index (χ1) is 9.50. The Morgan fingerprint density at radius 1 is 1.30 bits per heavy atom. The summed E-state index contributed by atoms with van der Waals surface area (Å²) in [6.45, 7) is 3.83. The van der Waals surface area contributed by atoms with Crippen molar-refractivity contribution in [3.63, 3.8) is 0 Å². The molecule has 2 rings (SSSR count). The van der Waals surface area contributed by atoms with Crippen LogP contribution in [0.3, 0.4) is 0 Å². The average molecular weight is 291 g/mol. The van der Waals surface area contributed by atoms with E-state index in [-0.39, 0.29) is 18.4 Å². The molecule has 0 bridgehead atoms. The number of thiophene rings is 1. The van der Waals surface area contributed by atoms with Crippen LogP contribution in [0.4, 0.5) is 0 Å². The summed E-state index contributed by atoms with van der Waals surface area (Å²) in [5, 5.41) is 14.6. The van der Waals surface area contributed by atoms with Crippen molar-refractivity contribution in [3.8, 4) is 0 Å². The first kappa shape index (κ1) is 14.5. The number of carbonyl (C=O) groups excluding carboxylic acids is 1. The molecule has 1 amide bonds. The minimum Gasteiger partial charge on any atom is -0.481 e. The fraction of sp³-hybridized carbons (Fsp3) is 0.333. The quantitative estimate of drug-likeness (QED) is 0.890. The number of benzene rings is 1. The molecule has 0 aliphatic carbocycles. The van der Waals surface area contributed by atoms with Gasteiger partial charge in [-0.3, -0.25) is 9.59 Å². The number of carboxylic acid groups (broad SMARTS) is 1. The first-order valence-electron chi connectivity index (χ1n) is 6.48. The van der Waals surface area contributed by atoms with E-state index in [0.29, 0.717) is 5.56 Å². The van der Waals surface area contributed by atoms with Gasteiger partial charge in [0.1, 0.15) is 0 Å². The molecule has 2 N–H and O–H groups in total. The van der Waals surface area contributed by atoms with Crippen LogP contribution in [0.5, 0.6) is 0 Å². The van der Waals surface area contributed by atoms with Gasteiger partial charge in [0, 0.05) is 22.0 Å². The third-order valence-corrected chi connectivity index (χ3v) is 4.29. The van der Waals surface area contributed by atoms with E-state index in [2.05, 4.69) is 5.32 Å². The maximum atomic E-state index is 12.2. The SMILES string of the molecule is CC(C)C(CNC(=O)c1csc2ccccc12)C(=O)O. The predicted molar refractivity (Wildman–Crippen MR) is 80.1 cm³/mol. The Morgan fingerprint density at radius 2 is 2.00 bits per heavy atom. The lowest BCUT2D eigenvalue weighted by molar-refractivity contribution is -0.142. The summed E-state index contributed by atoms with van der Waals surface area (Å²) in [7, 11) is 0. The molecule has 0 saturated carbocycles. The summed E-state index contributed by atoms with van der Waals surface area (Å²) >= 11 is 1.51. The number of fused-ring (bicyclic) bond motifs is 1. The standard InChI is InChI=1S/C15H17NO3S/c1-9(2)11(15(18)19)7-16-14(17)12-8-20-13-6-4-3-5-10(12)13/h3-6,8-9,11H,7H2,1-2H3,(H,16,17)(H,18,19). The Hall–Kier alpha value is -1.88. The topological polar surface area (TPSA) is 66.4 Å². The Labute approximate surface area is 121 Å². The van der Waals surface area contributed by atoms with Crippen molar-refractivity contribution in [1.29, 1.82) is 0 Å². The number of hydrogen-bond donors (Lipinski definition) is 2. The van der Waals surface area contributed by atoms with Gasteiger partial charge in [-0.1, -0.05) is 32.0 Å². The number of rotatable bonds is 5. The molecular weight excluding hydrogens is 274 g/mol. The van der Waals surface area contributed by atoms with Crippen molar-refractivity contribution in [1.82, 2.24) is 5.32 Å². The molecule has 1 heterocycles. The van der Waals surface area contributed by atoms with Crippen LogP contribution < -0.4 is 5.32 Å². The van der Waals surface area contributed by atoms with Gasteiger partial charge < -0.3 is 10.4 Å². The zero-order valence-corrected chi connectivity index (χ0v) is 12.2. The Kier molecular flexibility index (Phi) is 4.39. The van der Waals surface area contributed by atoms with Crippen LogP contribution in [0.2, 0.25) is 0 Å². The van der Waals surface area contributed by atoms with E-state index < -0.39 is 11.9 Å². The van der Waals surface area contributed by atoms with E-state index in [1.165, 1.54) is 11.3 Å². The van der Waals surface area contributed by atoms with E-state index in [1.54, 1.807) is 0 Å². The van der Waals surface area contributed by atoms with Crippen molar-refractivity contribution in [2.75, 3.05) is 6.54 Å². The summed E-state index contributed by atoms with van der Waals surface area (Å²) in [6, 6.07) is 7.68. The summed E-state index contributed by atoms with van der Waals surface area (Å²) in [6.07, 6.45) is 0. The smallest absolute Gasteiger partial charge is 0.308 e. The highest BCUT2D eigenvalue weighted by atomic mass is 32.1. The summed E-state index contributed by atoms with van der Waals surface area (Å²) in [5.74, 6) is -1.68. The van der Waals surface area contributed by atoms with Crippen molar-refractivity contribution >= 4 is 33.3 Å². The van der Waals surface area contributed by atoms with Crippen LogP contribution >= 0.6 is 11.3 Å². The van der Waals surface area contributed by atoms with Gasteiger partial charge in [0.2, 0.25) is 0 Å². The number of amides is 1. The van der Waals surface area contributed by atoms with Crippen LogP contribution in [-0.4, -0.2) is 23.5 Å². The number of hydrogen-bond acceptors (Lipinski definition) is 3. The van der Waals surface area contributed by atoms with Gasteiger partial charge in [-0.2, -0.15) is 0 Å². The molecule has 20 heavy (non-hydrogen) atoms. The molecule has 0 aliphatic rings. The molecule has 1 aromatic carbocycles. The highest BCUT2D eigenvalue weighted by Gasteiger charge is 2.22. The second kappa shape index (κ2) is 6.05. The molecule has 0 spiro atoms. The van der Waals surface area contributed by atoms with E-state index in [0.717, 1.165) is 10.1 Å². The first-order valence-corrected chi connectivity index (χ1v) is 7.36. The monoisotopic (exact) mass is 291 g/mol. The van der Waals surface area contributed by atoms with Crippen molar-refractivity contribution in [2.24, 2.45) is 11.8 Å². The number of carboxylic acids is 1. The molecule has 106 valence electrons. The van der Waals surface area contributed by atoms with E-state index in [4.69, 9.17) is 5.11 Å². The minimum absolute atomic E-state index is 0.0213. The van der Waals surface area contributed by atoms with Gasteiger partial charge in [0.05, 0.1) is 11.5 Å². The van der Waals surface area contributed by atoms with Gasteiger partial charge in [-0.25, -0.2) is 0 Å². The van der Waals surface area contributed by atoms with Crippen molar-refractivity contribution in [2.45, 2.75) is 13.8 Å². The van der Waals surface area contributed by atoms with Gasteiger partial charge >= 0.3 is 5.97 Å². The van der Waals surface area contributed by atoms with Gasteiger partial charge in [-0.15, -0.1) is 11.3 Å². The molecule has 0 radical (unpaired) electrons. The van der Waals surface area contributed by atoms with Gasteiger partial charge in [-0.05, 0) is 12.0 Å². The van der Waals surface area contributed by atoms with E-state index >= 15 is 0 Å². The number of aliphatic carboxylic acids is 1. The van der Waals surface area contributed by atoms with Crippen molar-refractivity contribution in [3.05, 3.63) is 35.2 Å². The van der Waals surface area contributed by atoms with Crippen LogP contribution in [0.15, 0.2) is 29.6 Å². The molecule has 0 fully saturated rings. The largest absolute Gasteiger partial charge is 0.481 e. The minimum atomic E-state index is -0.879. The highest BCUT2D eigenvalue weighted by Crippen LogP contribution is 2.25. The molecule has 5 heteroatoms. The normalized spacial score (nSPS) is 12.6. The summed E-state index contributed by atoms with van der Waals surface area (Å²) in [5.41, 5.74) is 0.610. The zero-order chi connectivity index (χ0) is 14.7. The second-order valence-electron chi connectivity index (χ2n) is 5.04. The van der Waals surface area contributed by atoms with E-state index in [1.807, 2.05) is 43.5 Å². The molecule has 1 aromatic heterocycles. The highest BCUT2D eigenvalue weighted by molar-refractivity contribution is 7.17. The van der Waals surface area contributed by atoms with Crippen LogP contribution in [0.1, 0.15) is 24.2 Å². The lowest BCUT2D eigenvalue weighted by atomic mass is 9.96. The van der Waals surface area contributed by atoms with Gasteiger partial charge in [0.15, 0.2) is 0 Å². The molecular formula is C15H17NO3S. The number of carbonyl (C=O) groups is 2. The molecule has 4 nitrogen and oxygen atoms in total. The van der Waals surface area contributed by atoms with Crippen LogP contribution in [0, 0.1) is 11.8 Å². The van der Waals surface area contributed by atoms with Crippen LogP contribution in [0.25, 0.3) is 10.1 Å². The third kappa shape index (κ3) is 2.99.